The van der Waals surface area contributed by atoms with E-state index in [1.807, 2.05) is 12.0 Å². The third-order valence-corrected chi connectivity index (χ3v) is 4.73. The lowest BCUT2D eigenvalue weighted by atomic mass is 9.87. The molecule has 0 aromatic carbocycles. The van der Waals surface area contributed by atoms with Crippen LogP contribution in [0.1, 0.15) is 52.4 Å². The van der Waals surface area contributed by atoms with Crippen molar-refractivity contribution in [3.63, 3.8) is 0 Å². The first kappa shape index (κ1) is 14.3. The summed E-state index contributed by atoms with van der Waals surface area (Å²) in [6.07, 6.45) is 5.82. The molecule has 5 heteroatoms. The predicted molar refractivity (Wildman–Crippen MR) is 72.7 cm³/mol. The molecule has 5 nitrogen and oxygen atoms in total. The number of fused-ring (bicyclic) bond motifs is 3. The van der Waals surface area contributed by atoms with Crippen molar-refractivity contribution in [1.82, 2.24) is 5.06 Å². The summed E-state index contributed by atoms with van der Waals surface area (Å²) in [6, 6.07) is 0.185. The molecule has 0 unspecified atom stereocenters. The van der Waals surface area contributed by atoms with E-state index >= 15 is 0 Å². The number of rotatable bonds is 5. The molecule has 0 aliphatic carbocycles. The number of piperidine rings is 1. The first-order valence-corrected chi connectivity index (χ1v) is 8.02. The third-order valence-electron chi connectivity index (χ3n) is 4.73. The van der Waals surface area contributed by atoms with Crippen molar-refractivity contribution < 1.29 is 19.1 Å². The molecule has 0 bridgehead atoms. The number of unbranched alkanes of at least 4 members (excludes halogenated alkanes) is 1. The lowest BCUT2D eigenvalue weighted by Gasteiger charge is -2.33. The summed E-state index contributed by atoms with van der Waals surface area (Å²) in [4.78, 5) is 18.4. The van der Waals surface area contributed by atoms with Crippen LogP contribution in [0.3, 0.4) is 0 Å². The fraction of sp³-hybridized carbons (Fsp3) is 0.933. The van der Waals surface area contributed by atoms with Gasteiger partial charge in [-0.05, 0) is 26.2 Å². The lowest BCUT2D eigenvalue weighted by molar-refractivity contribution is -0.291. The number of carbonyl (C=O) groups excluding carboxylic acids is 1. The molecular weight excluding hydrogens is 258 g/mol. The number of hydrogen-bond acceptors (Lipinski definition) is 5. The standard InChI is InChI=1S/C15H25NO4/c1-3-5-9-15(18-4-2)13-12(14(17)19-15)11-8-6-7-10-16(11)20-13/h11-13H,3-10H2,1-2H3/t11-,12-,13+,15+/m1/s1. The Morgan fingerprint density at radius 3 is 3.00 bits per heavy atom. The first-order chi connectivity index (χ1) is 9.72. The molecular formula is C15H25NO4. The summed E-state index contributed by atoms with van der Waals surface area (Å²) >= 11 is 0. The Hall–Kier alpha value is -0.650. The van der Waals surface area contributed by atoms with Gasteiger partial charge in [0.2, 0.25) is 5.79 Å². The molecule has 3 fully saturated rings. The molecule has 0 radical (unpaired) electrons. The van der Waals surface area contributed by atoms with Crippen molar-refractivity contribution in [2.24, 2.45) is 5.92 Å². The second kappa shape index (κ2) is 5.62. The van der Waals surface area contributed by atoms with Crippen LogP contribution in [0.5, 0.6) is 0 Å². The van der Waals surface area contributed by atoms with Crippen LogP contribution in [0.4, 0.5) is 0 Å². The zero-order valence-electron chi connectivity index (χ0n) is 12.5. The van der Waals surface area contributed by atoms with Gasteiger partial charge in [0.15, 0.2) is 6.10 Å². The summed E-state index contributed by atoms with van der Waals surface area (Å²) in [7, 11) is 0. The second-order valence-electron chi connectivity index (χ2n) is 6.03. The van der Waals surface area contributed by atoms with E-state index in [4.69, 9.17) is 14.3 Å². The zero-order valence-corrected chi connectivity index (χ0v) is 12.5. The summed E-state index contributed by atoms with van der Waals surface area (Å²) < 4.78 is 11.6. The number of esters is 1. The monoisotopic (exact) mass is 283 g/mol. The molecule has 0 spiro atoms. The molecule has 114 valence electrons. The zero-order chi connectivity index (χ0) is 14.2. The second-order valence-corrected chi connectivity index (χ2v) is 6.03. The van der Waals surface area contributed by atoms with E-state index in [1.54, 1.807) is 0 Å². The van der Waals surface area contributed by atoms with Crippen LogP contribution in [0.15, 0.2) is 0 Å². The van der Waals surface area contributed by atoms with Crippen molar-refractivity contribution in [3.05, 3.63) is 0 Å². The smallest absolute Gasteiger partial charge is 0.316 e. The average molecular weight is 283 g/mol. The number of cyclic esters (lactones) is 1. The summed E-state index contributed by atoms with van der Waals surface area (Å²) in [5, 5.41) is 2.01. The Morgan fingerprint density at radius 1 is 1.40 bits per heavy atom. The van der Waals surface area contributed by atoms with Gasteiger partial charge in [-0.25, -0.2) is 0 Å². The molecule has 0 amide bonds. The molecule has 0 saturated carbocycles. The fourth-order valence-corrected chi connectivity index (χ4v) is 3.81. The maximum absolute atomic E-state index is 12.4. The van der Waals surface area contributed by atoms with Crippen LogP contribution >= 0.6 is 0 Å². The van der Waals surface area contributed by atoms with Crippen molar-refractivity contribution in [1.29, 1.82) is 0 Å². The molecule has 0 aromatic rings. The van der Waals surface area contributed by atoms with Gasteiger partial charge in [0.25, 0.3) is 0 Å². The van der Waals surface area contributed by atoms with Gasteiger partial charge in [0.05, 0.1) is 6.04 Å². The number of nitrogens with zero attached hydrogens (tertiary/aromatic N) is 1. The maximum Gasteiger partial charge on any atom is 0.316 e. The highest BCUT2D eigenvalue weighted by atomic mass is 16.8. The molecule has 0 N–H and O–H groups in total. The highest BCUT2D eigenvalue weighted by molar-refractivity contribution is 5.77. The average Bonchev–Trinajstić information content (AvgIpc) is 2.95. The summed E-state index contributed by atoms with van der Waals surface area (Å²) in [5.41, 5.74) is 0. The minimum absolute atomic E-state index is 0.131. The molecule has 20 heavy (non-hydrogen) atoms. The quantitative estimate of drug-likeness (QED) is 0.724. The molecule has 3 heterocycles. The molecule has 4 atom stereocenters. The topological polar surface area (TPSA) is 48.0 Å². The number of hydrogen-bond donors (Lipinski definition) is 0. The van der Waals surface area contributed by atoms with Gasteiger partial charge in [0, 0.05) is 19.6 Å². The summed E-state index contributed by atoms with van der Waals surface area (Å²) in [6.45, 7) is 5.53. The molecule has 3 rings (SSSR count). The Balaban J connectivity index is 1.84. The maximum atomic E-state index is 12.4. The molecule has 3 aliphatic rings. The highest BCUT2D eigenvalue weighted by Crippen LogP contribution is 2.48. The minimum Gasteiger partial charge on any atom is -0.430 e. The van der Waals surface area contributed by atoms with Gasteiger partial charge >= 0.3 is 5.97 Å². The van der Waals surface area contributed by atoms with Crippen LogP contribution in [0, 0.1) is 5.92 Å². The van der Waals surface area contributed by atoms with E-state index in [0.29, 0.717) is 6.61 Å². The number of ether oxygens (including phenoxy) is 2. The molecule has 3 saturated heterocycles. The third kappa shape index (κ3) is 2.16. The number of hydroxylamine groups is 2. The van der Waals surface area contributed by atoms with E-state index in [9.17, 15) is 4.79 Å². The van der Waals surface area contributed by atoms with Gasteiger partial charge in [-0.15, -0.1) is 0 Å². The molecule has 0 aromatic heterocycles. The Morgan fingerprint density at radius 2 is 2.25 bits per heavy atom. The first-order valence-electron chi connectivity index (χ1n) is 8.02. The van der Waals surface area contributed by atoms with Crippen LogP contribution in [-0.2, 0) is 19.1 Å². The van der Waals surface area contributed by atoms with Crippen molar-refractivity contribution >= 4 is 5.97 Å². The van der Waals surface area contributed by atoms with Gasteiger partial charge in [-0.1, -0.05) is 19.8 Å². The fourth-order valence-electron chi connectivity index (χ4n) is 3.81. The SMILES string of the molecule is CCCC[C@]1(OCC)OC(=O)[C@@H]2[C@H]3CCCCN3O[C@@H]21. The van der Waals surface area contributed by atoms with Crippen LogP contribution in [0.25, 0.3) is 0 Å². The van der Waals surface area contributed by atoms with Crippen molar-refractivity contribution in [3.8, 4) is 0 Å². The van der Waals surface area contributed by atoms with Gasteiger partial charge in [-0.2, -0.15) is 5.06 Å². The lowest BCUT2D eigenvalue weighted by Crippen LogP contribution is -2.45. The van der Waals surface area contributed by atoms with E-state index in [1.165, 1.54) is 0 Å². The number of carbonyl (C=O) groups is 1. The van der Waals surface area contributed by atoms with Gasteiger partial charge < -0.3 is 9.47 Å². The van der Waals surface area contributed by atoms with E-state index in [2.05, 4.69) is 6.92 Å². The van der Waals surface area contributed by atoms with Gasteiger partial charge in [0.1, 0.15) is 5.92 Å². The molecule has 3 aliphatic heterocycles. The van der Waals surface area contributed by atoms with E-state index in [0.717, 1.165) is 45.1 Å². The van der Waals surface area contributed by atoms with Crippen LogP contribution in [-0.4, -0.2) is 42.1 Å². The minimum atomic E-state index is -0.857. The predicted octanol–water partition coefficient (Wildman–Crippen LogP) is 2.25. The van der Waals surface area contributed by atoms with Crippen molar-refractivity contribution in [2.45, 2.75) is 70.3 Å². The van der Waals surface area contributed by atoms with Crippen LogP contribution in [0.2, 0.25) is 0 Å². The van der Waals surface area contributed by atoms with Gasteiger partial charge in [-0.3, -0.25) is 9.63 Å². The van der Waals surface area contributed by atoms with Crippen molar-refractivity contribution in [2.75, 3.05) is 13.2 Å². The van der Waals surface area contributed by atoms with Crippen LogP contribution < -0.4 is 0 Å². The summed E-state index contributed by atoms with van der Waals surface area (Å²) in [5.74, 6) is -1.16. The van der Waals surface area contributed by atoms with E-state index < -0.39 is 5.79 Å². The Bertz CT molecular complexity index is 375. The Labute approximate surface area is 120 Å². The highest BCUT2D eigenvalue weighted by Gasteiger charge is 2.65. The largest absolute Gasteiger partial charge is 0.430 e. The normalized spacial score (nSPS) is 40.5. The van der Waals surface area contributed by atoms with E-state index in [-0.39, 0.29) is 24.0 Å². The Kier molecular flexibility index (Phi) is 4.02.